The zero-order valence-electron chi connectivity index (χ0n) is 12.9. The van der Waals surface area contributed by atoms with Crippen LogP contribution in [0, 0.1) is 0 Å². The Bertz CT molecular complexity index is 595. The zero-order chi connectivity index (χ0) is 15.9. The number of urea groups is 1. The summed E-state index contributed by atoms with van der Waals surface area (Å²) in [6.07, 6.45) is 1.52. The summed E-state index contributed by atoms with van der Waals surface area (Å²) in [6.45, 7) is 4.16. The first-order chi connectivity index (χ1) is 10.6. The Balaban J connectivity index is 1.79. The molecule has 0 aliphatic rings. The molecule has 2 amide bonds. The van der Waals surface area contributed by atoms with Gasteiger partial charge in [-0.1, -0.05) is 30.3 Å². The third-order valence-corrected chi connectivity index (χ3v) is 3.21. The van der Waals surface area contributed by atoms with Crippen molar-refractivity contribution in [3.63, 3.8) is 0 Å². The lowest BCUT2D eigenvalue weighted by Crippen LogP contribution is -2.36. The van der Waals surface area contributed by atoms with Crippen molar-refractivity contribution in [2.45, 2.75) is 32.4 Å². The van der Waals surface area contributed by atoms with Gasteiger partial charge in [0.2, 0.25) is 0 Å². The van der Waals surface area contributed by atoms with Crippen molar-refractivity contribution >= 4 is 11.8 Å². The average molecular weight is 302 g/mol. The van der Waals surface area contributed by atoms with Crippen LogP contribution in [0.25, 0.3) is 0 Å². The van der Waals surface area contributed by atoms with Gasteiger partial charge in [0.1, 0.15) is 5.82 Å². The maximum atomic E-state index is 11.9. The minimum absolute atomic E-state index is 0.161. The topological polar surface area (TPSA) is 79.2 Å². The molecule has 0 saturated carbocycles. The summed E-state index contributed by atoms with van der Waals surface area (Å²) >= 11 is 0. The van der Waals surface area contributed by atoms with E-state index in [0.717, 1.165) is 5.56 Å². The summed E-state index contributed by atoms with van der Waals surface area (Å²) in [7, 11) is 0. The molecule has 0 bridgehead atoms. The van der Waals surface area contributed by atoms with Crippen LogP contribution in [0.5, 0.6) is 0 Å². The molecule has 1 atom stereocenters. The molecule has 3 N–H and O–H groups in total. The number of carbonyl (C=O) groups excluding carboxylic acids is 1. The van der Waals surface area contributed by atoms with Crippen molar-refractivity contribution in [1.29, 1.82) is 0 Å². The number of nitrogens with one attached hydrogen (secondary N) is 2. The molecule has 118 valence electrons. The third kappa shape index (κ3) is 4.60. The van der Waals surface area contributed by atoms with E-state index in [1.807, 2.05) is 44.2 Å². The molecule has 0 aliphatic heterocycles. The van der Waals surface area contributed by atoms with Crippen LogP contribution in [-0.4, -0.2) is 33.6 Å². The number of hydrogen-bond acceptors (Lipinski definition) is 3. The van der Waals surface area contributed by atoms with Crippen LogP contribution in [0.15, 0.2) is 42.6 Å². The summed E-state index contributed by atoms with van der Waals surface area (Å²) < 4.78 is 1.72. The number of hydrogen-bond donors (Lipinski definition) is 3. The SMILES string of the molecule is CC(C)n1nccc1NC(=O)NCC(O)Cc1ccccc1. The van der Waals surface area contributed by atoms with E-state index in [0.29, 0.717) is 12.2 Å². The molecule has 2 aromatic rings. The molecule has 0 radical (unpaired) electrons. The van der Waals surface area contributed by atoms with Crippen molar-refractivity contribution in [3.05, 3.63) is 48.2 Å². The number of rotatable bonds is 6. The van der Waals surface area contributed by atoms with Gasteiger partial charge in [0.05, 0.1) is 12.3 Å². The van der Waals surface area contributed by atoms with Crippen molar-refractivity contribution < 1.29 is 9.90 Å². The smallest absolute Gasteiger partial charge is 0.320 e. The van der Waals surface area contributed by atoms with Gasteiger partial charge < -0.3 is 10.4 Å². The first-order valence-corrected chi connectivity index (χ1v) is 7.36. The number of amides is 2. The van der Waals surface area contributed by atoms with Crippen molar-refractivity contribution in [3.8, 4) is 0 Å². The molecule has 2 rings (SSSR count). The summed E-state index contributed by atoms with van der Waals surface area (Å²) in [5.74, 6) is 0.630. The first kappa shape index (κ1) is 16.0. The van der Waals surface area contributed by atoms with Crippen LogP contribution in [0.3, 0.4) is 0 Å². The molecule has 1 unspecified atom stereocenters. The highest BCUT2D eigenvalue weighted by molar-refractivity contribution is 5.88. The van der Waals surface area contributed by atoms with Gasteiger partial charge in [0.15, 0.2) is 0 Å². The predicted molar refractivity (Wildman–Crippen MR) is 85.8 cm³/mol. The second-order valence-electron chi connectivity index (χ2n) is 5.43. The molecular formula is C16H22N4O2. The Morgan fingerprint density at radius 2 is 2.00 bits per heavy atom. The van der Waals surface area contributed by atoms with Gasteiger partial charge in [0, 0.05) is 25.1 Å². The lowest BCUT2D eigenvalue weighted by molar-refractivity contribution is 0.172. The predicted octanol–water partition coefficient (Wildman–Crippen LogP) is 2.19. The summed E-state index contributed by atoms with van der Waals surface area (Å²) in [5.41, 5.74) is 1.04. The van der Waals surface area contributed by atoms with Gasteiger partial charge in [-0.2, -0.15) is 5.10 Å². The molecule has 1 aromatic heterocycles. The standard InChI is InChI=1S/C16H22N4O2/c1-12(2)20-15(8-9-18-20)19-16(22)17-11-14(21)10-13-6-4-3-5-7-13/h3-9,12,14,21H,10-11H2,1-2H3,(H2,17,19,22). The highest BCUT2D eigenvalue weighted by Crippen LogP contribution is 2.12. The zero-order valence-corrected chi connectivity index (χ0v) is 12.9. The lowest BCUT2D eigenvalue weighted by atomic mass is 10.1. The number of benzene rings is 1. The van der Waals surface area contributed by atoms with Gasteiger partial charge in [-0.05, 0) is 19.4 Å². The third-order valence-electron chi connectivity index (χ3n) is 3.21. The monoisotopic (exact) mass is 302 g/mol. The molecule has 6 heteroatoms. The van der Waals surface area contributed by atoms with Crippen LogP contribution >= 0.6 is 0 Å². The fourth-order valence-corrected chi connectivity index (χ4v) is 2.15. The van der Waals surface area contributed by atoms with E-state index in [4.69, 9.17) is 0 Å². The fraction of sp³-hybridized carbons (Fsp3) is 0.375. The fourth-order valence-electron chi connectivity index (χ4n) is 2.15. The summed E-state index contributed by atoms with van der Waals surface area (Å²) in [5, 5.41) is 19.5. The van der Waals surface area contributed by atoms with E-state index in [-0.39, 0.29) is 18.6 Å². The largest absolute Gasteiger partial charge is 0.391 e. The maximum absolute atomic E-state index is 11.9. The minimum atomic E-state index is -0.622. The molecule has 0 saturated heterocycles. The lowest BCUT2D eigenvalue weighted by Gasteiger charge is -2.14. The minimum Gasteiger partial charge on any atom is -0.391 e. The highest BCUT2D eigenvalue weighted by Gasteiger charge is 2.11. The Kier molecular flexibility index (Phi) is 5.55. The van der Waals surface area contributed by atoms with Crippen LogP contribution in [0.2, 0.25) is 0 Å². The van der Waals surface area contributed by atoms with Gasteiger partial charge in [-0.15, -0.1) is 0 Å². The van der Waals surface area contributed by atoms with Crippen molar-refractivity contribution in [2.75, 3.05) is 11.9 Å². The van der Waals surface area contributed by atoms with Crippen LogP contribution in [0.1, 0.15) is 25.5 Å². The Morgan fingerprint density at radius 3 is 2.68 bits per heavy atom. The van der Waals surface area contributed by atoms with Crippen LogP contribution in [-0.2, 0) is 6.42 Å². The van der Waals surface area contributed by atoms with Gasteiger partial charge >= 0.3 is 6.03 Å². The number of anilines is 1. The number of nitrogens with zero attached hydrogens (tertiary/aromatic N) is 2. The van der Waals surface area contributed by atoms with Gasteiger partial charge in [-0.25, -0.2) is 9.48 Å². The molecule has 0 aliphatic carbocycles. The molecule has 6 nitrogen and oxygen atoms in total. The normalized spacial score (nSPS) is 12.2. The molecule has 22 heavy (non-hydrogen) atoms. The number of aromatic nitrogens is 2. The molecule has 0 spiro atoms. The Hall–Kier alpha value is -2.34. The highest BCUT2D eigenvalue weighted by atomic mass is 16.3. The van der Waals surface area contributed by atoms with E-state index in [2.05, 4.69) is 15.7 Å². The van der Waals surface area contributed by atoms with Crippen molar-refractivity contribution in [2.24, 2.45) is 0 Å². The summed E-state index contributed by atoms with van der Waals surface area (Å²) in [4.78, 5) is 11.9. The molecule has 0 fully saturated rings. The van der Waals surface area contributed by atoms with E-state index in [9.17, 15) is 9.90 Å². The maximum Gasteiger partial charge on any atom is 0.320 e. The van der Waals surface area contributed by atoms with Gasteiger partial charge in [0.25, 0.3) is 0 Å². The van der Waals surface area contributed by atoms with E-state index < -0.39 is 6.10 Å². The van der Waals surface area contributed by atoms with E-state index in [1.54, 1.807) is 16.9 Å². The number of carbonyl (C=O) groups is 1. The van der Waals surface area contributed by atoms with E-state index >= 15 is 0 Å². The Labute approximate surface area is 130 Å². The molecule has 1 heterocycles. The van der Waals surface area contributed by atoms with E-state index in [1.165, 1.54) is 0 Å². The van der Waals surface area contributed by atoms with Crippen LogP contribution in [0.4, 0.5) is 10.6 Å². The first-order valence-electron chi connectivity index (χ1n) is 7.36. The second-order valence-corrected chi connectivity index (χ2v) is 5.43. The van der Waals surface area contributed by atoms with Crippen molar-refractivity contribution in [1.82, 2.24) is 15.1 Å². The average Bonchev–Trinajstić information content (AvgIpc) is 2.94. The van der Waals surface area contributed by atoms with Gasteiger partial charge in [-0.3, -0.25) is 5.32 Å². The summed E-state index contributed by atoms with van der Waals surface area (Å²) in [6, 6.07) is 11.2. The van der Waals surface area contributed by atoms with Crippen LogP contribution < -0.4 is 10.6 Å². The number of aliphatic hydroxyl groups is 1. The quantitative estimate of drug-likeness (QED) is 0.765. The molecular weight excluding hydrogens is 280 g/mol. The Morgan fingerprint density at radius 1 is 1.27 bits per heavy atom. The number of aliphatic hydroxyl groups excluding tert-OH is 1. The molecule has 1 aromatic carbocycles. The second kappa shape index (κ2) is 7.61.